The van der Waals surface area contributed by atoms with Gasteiger partial charge in [-0.05, 0) is 32.3 Å². The molecule has 0 bridgehead atoms. The van der Waals surface area contributed by atoms with E-state index in [0.717, 1.165) is 18.4 Å². The summed E-state index contributed by atoms with van der Waals surface area (Å²) in [5.74, 6) is -0.0362. The van der Waals surface area contributed by atoms with E-state index in [-0.39, 0.29) is 29.8 Å². The van der Waals surface area contributed by atoms with Gasteiger partial charge in [-0.15, -0.1) is 0 Å². The third kappa shape index (κ3) is 4.89. The van der Waals surface area contributed by atoms with Gasteiger partial charge in [0.05, 0.1) is 12.0 Å². The van der Waals surface area contributed by atoms with Crippen LogP contribution in [0.1, 0.15) is 43.9 Å². The largest absolute Gasteiger partial charge is 0.339 e. The minimum atomic E-state index is -0.192. The topological polar surface area (TPSA) is 73.0 Å². The van der Waals surface area contributed by atoms with Crippen molar-refractivity contribution in [3.8, 4) is 0 Å². The average molecular weight is 401 g/mol. The summed E-state index contributed by atoms with van der Waals surface area (Å²) in [6, 6.07) is 8.13. The van der Waals surface area contributed by atoms with E-state index in [9.17, 15) is 14.4 Å². The van der Waals surface area contributed by atoms with Crippen LogP contribution in [0.3, 0.4) is 0 Å². The molecule has 0 aromatic heterocycles. The highest BCUT2D eigenvalue weighted by Crippen LogP contribution is 2.34. The van der Waals surface area contributed by atoms with Gasteiger partial charge in [-0.3, -0.25) is 9.59 Å². The highest BCUT2D eigenvalue weighted by molar-refractivity contribution is 5.82. The van der Waals surface area contributed by atoms with Gasteiger partial charge in [0, 0.05) is 46.2 Å². The number of carbonyl (C=O) groups is 3. The molecular weight excluding hydrogens is 368 g/mol. The molecule has 2 atom stereocenters. The van der Waals surface area contributed by atoms with Gasteiger partial charge in [0.25, 0.3) is 0 Å². The minimum absolute atomic E-state index is 0.0138. The van der Waals surface area contributed by atoms with E-state index < -0.39 is 0 Å². The normalized spacial score (nSPS) is 22.4. The second-order valence-corrected chi connectivity index (χ2v) is 8.02. The number of nitrogens with one attached hydrogen (secondary N) is 1. The molecule has 1 aromatic carbocycles. The summed E-state index contributed by atoms with van der Waals surface area (Å²) in [6.45, 7) is 8.80. The number of carbonyl (C=O) groups excluding carboxylic acids is 3. The first-order chi connectivity index (χ1) is 13.9. The third-order valence-electron chi connectivity index (χ3n) is 5.98. The molecule has 2 saturated heterocycles. The first kappa shape index (κ1) is 21.1. The van der Waals surface area contributed by atoms with Crippen molar-refractivity contribution in [3.05, 3.63) is 35.4 Å². The number of hydrogen-bond donors (Lipinski definition) is 1. The Morgan fingerprint density at radius 1 is 1.07 bits per heavy atom. The number of piperazine rings is 1. The fraction of sp³-hybridized carbons (Fsp3) is 0.591. The molecule has 2 fully saturated rings. The van der Waals surface area contributed by atoms with Gasteiger partial charge >= 0.3 is 6.03 Å². The Labute approximate surface area is 173 Å². The number of aryl methyl sites for hydroxylation is 1. The van der Waals surface area contributed by atoms with E-state index >= 15 is 0 Å². The van der Waals surface area contributed by atoms with Crippen LogP contribution in [-0.4, -0.2) is 71.8 Å². The number of amides is 4. The van der Waals surface area contributed by atoms with Crippen LogP contribution in [0, 0.1) is 12.8 Å². The molecule has 4 amide bonds. The van der Waals surface area contributed by atoms with Gasteiger partial charge in [0.15, 0.2) is 0 Å². The lowest BCUT2D eigenvalue weighted by atomic mass is 9.87. The van der Waals surface area contributed by atoms with E-state index in [0.29, 0.717) is 39.3 Å². The zero-order valence-corrected chi connectivity index (χ0v) is 17.7. The van der Waals surface area contributed by atoms with Crippen molar-refractivity contribution >= 4 is 17.8 Å². The van der Waals surface area contributed by atoms with Crippen molar-refractivity contribution in [2.45, 2.75) is 39.7 Å². The summed E-state index contributed by atoms with van der Waals surface area (Å²) in [7, 11) is 0. The lowest BCUT2D eigenvalue weighted by Gasteiger charge is -2.42. The quantitative estimate of drug-likeness (QED) is 0.845. The van der Waals surface area contributed by atoms with Crippen LogP contribution in [0.5, 0.6) is 0 Å². The van der Waals surface area contributed by atoms with Crippen LogP contribution < -0.4 is 5.32 Å². The van der Waals surface area contributed by atoms with Crippen molar-refractivity contribution in [2.24, 2.45) is 5.92 Å². The summed E-state index contributed by atoms with van der Waals surface area (Å²) < 4.78 is 0. The summed E-state index contributed by atoms with van der Waals surface area (Å²) in [4.78, 5) is 42.9. The second-order valence-electron chi connectivity index (χ2n) is 8.02. The van der Waals surface area contributed by atoms with Crippen molar-refractivity contribution in [2.75, 3.05) is 39.3 Å². The molecule has 2 aliphatic heterocycles. The molecule has 7 nitrogen and oxygen atoms in total. The first-order valence-corrected chi connectivity index (χ1v) is 10.6. The number of piperidine rings is 1. The van der Waals surface area contributed by atoms with Gasteiger partial charge in [-0.25, -0.2) is 4.79 Å². The molecule has 158 valence electrons. The van der Waals surface area contributed by atoms with Gasteiger partial charge < -0.3 is 20.0 Å². The maximum Gasteiger partial charge on any atom is 0.317 e. The van der Waals surface area contributed by atoms with Crippen molar-refractivity contribution in [1.82, 2.24) is 20.0 Å². The summed E-state index contributed by atoms with van der Waals surface area (Å²) in [5, 5.41) is 2.90. The van der Waals surface area contributed by atoms with Crippen LogP contribution in [0.2, 0.25) is 0 Å². The molecular formula is C22H32N4O3. The molecule has 0 aliphatic carbocycles. The number of hydrogen-bond acceptors (Lipinski definition) is 3. The van der Waals surface area contributed by atoms with Gasteiger partial charge in [0.2, 0.25) is 11.8 Å². The van der Waals surface area contributed by atoms with Crippen LogP contribution >= 0.6 is 0 Å². The predicted molar refractivity (Wildman–Crippen MR) is 111 cm³/mol. The zero-order chi connectivity index (χ0) is 21.0. The first-order valence-electron chi connectivity index (χ1n) is 10.6. The number of urea groups is 1. The van der Waals surface area contributed by atoms with Crippen molar-refractivity contribution in [3.63, 3.8) is 0 Å². The Morgan fingerprint density at radius 3 is 2.38 bits per heavy atom. The predicted octanol–water partition coefficient (Wildman–Crippen LogP) is 2.17. The molecule has 3 rings (SSSR count). The van der Waals surface area contributed by atoms with Gasteiger partial charge in [-0.1, -0.05) is 29.8 Å². The molecule has 0 spiro atoms. The van der Waals surface area contributed by atoms with Crippen molar-refractivity contribution < 1.29 is 14.4 Å². The molecule has 2 aliphatic rings. The lowest BCUT2D eigenvalue weighted by molar-refractivity contribution is -0.142. The SMILES string of the molecule is CCNC(=O)N1C[C@H](C(=O)N2CCN(C(C)=O)CC2)CC[C@H]1c1cccc(C)c1. The number of benzene rings is 1. The third-order valence-corrected chi connectivity index (χ3v) is 5.98. The van der Waals surface area contributed by atoms with E-state index in [2.05, 4.69) is 30.4 Å². The Hall–Kier alpha value is -2.57. The monoisotopic (exact) mass is 400 g/mol. The lowest BCUT2D eigenvalue weighted by Crippen LogP contribution is -2.55. The molecule has 1 N–H and O–H groups in total. The number of likely N-dealkylation sites (tertiary alicyclic amines) is 1. The van der Waals surface area contributed by atoms with E-state index in [1.807, 2.05) is 22.8 Å². The van der Waals surface area contributed by atoms with E-state index in [4.69, 9.17) is 0 Å². The maximum atomic E-state index is 13.1. The fourth-order valence-electron chi connectivity index (χ4n) is 4.37. The minimum Gasteiger partial charge on any atom is -0.339 e. The molecule has 0 saturated carbocycles. The Kier molecular flexibility index (Phi) is 6.77. The highest BCUT2D eigenvalue weighted by atomic mass is 16.2. The zero-order valence-electron chi connectivity index (χ0n) is 17.7. The molecule has 0 radical (unpaired) electrons. The Balaban J connectivity index is 1.71. The number of nitrogens with zero attached hydrogens (tertiary/aromatic N) is 3. The van der Waals surface area contributed by atoms with Gasteiger partial charge in [-0.2, -0.15) is 0 Å². The molecule has 7 heteroatoms. The van der Waals surface area contributed by atoms with E-state index in [1.165, 1.54) is 5.56 Å². The maximum absolute atomic E-state index is 13.1. The standard InChI is InChI=1S/C22H32N4O3/c1-4-23-22(29)26-15-19(8-9-20(26)18-7-5-6-16(2)14-18)21(28)25-12-10-24(11-13-25)17(3)27/h5-7,14,19-20H,4,8-13,15H2,1-3H3,(H,23,29)/t19-,20+/m1/s1. The van der Waals surface area contributed by atoms with Gasteiger partial charge in [0.1, 0.15) is 0 Å². The summed E-state index contributed by atoms with van der Waals surface area (Å²) >= 11 is 0. The van der Waals surface area contributed by atoms with E-state index in [1.54, 1.807) is 11.8 Å². The van der Waals surface area contributed by atoms with Crippen LogP contribution in [0.15, 0.2) is 24.3 Å². The molecule has 0 unspecified atom stereocenters. The summed E-state index contributed by atoms with van der Waals surface area (Å²) in [5.41, 5.74) is 2.29. The highest BCUT2D eigenvalue weighted by Gasteiger charge is 2.37. The van der Waals surface area contributed by atoms with Crippen molar-refractivity contribution in [1.29, 1.82) is 0 Å². The average Bonchev–Trinajstić information content (AvgIpc) is 2.73. The molecule has 2 heterocycles. The van der Waals surface area contributed by atoms with Crippen LogP contribution in [-0.2, 0) is 9.59 Å². The Morgan fingerprint density at radius 2 is 1.76 bits per heavy atom. The molecule has 1 aromatic rings. The molecule has 29 heavy (non-hydrogen) atoms. The fourth-order valence-corrected chi connectivity index (χ4v) is 4.37. The van der Waals surface area contributed by atoms with Crippen LogP contribution in [0.4, 0.5) is 4.79 Å². The Bertz CT molecular complexity index is 758. The second kappa shape index (κ2) is 9.29. The summed E-state index contributed by atoms with van der Waals surface area (Å²) in [6.07, 6.45) is 1.53. The van der Waals surface area contributed by atoms with Crippen LogP contribution in [0.25, 0.3) is 0 Å². The smallest absolute Gasteiger partial charge is 0.317 e. The number of rotatable bonds is 3.